The summed E-state index contributed by atoms with van der Waals surface area (Å²) >= 11 is 1.63. The van der Waals surface area contributed by atoms with Crippen LogP contribution < -0.4 is 5.32 Å². The van der Waals surface area contributed by atoms with Gasteiger partial charge < -0.3 is 5.32 Å². The summed E-state index contributed by atoms with van der Waals surface area (Å²) in [5.41, 5.74) is 5.85. The Morgan fingerprint density at radius 2 is 1.76 bits per heavy atom. The van der Waals surface area contributed by atoms with Crippen molar-refractivity contribution < 1.29 is 0 Å². The van der Waals surface area contributed by atoms with E-state index in [1.54, 1.807) is 11.3 Å². The average Bonchev–Trinajstić information content (AvgIpc) is 2.88. The minimum atomic E-state index is 0. The second kappa shape index (κ2) is 6.87. The first-order valence-electron chi connectivity index (χ1n) is 6.57. The van der Waals surface area contributed by atoms with Crippen LogP contribution in [0.1, 0.15) is 11.1 Å². The van der Waals surface area contributed by atoms with Crippen LogP contribution in [0, 0.1) is 13.8 Å². The van der Waals surface area contributed by atoms with Crippen molar-refractivity contribution in [2.45, 2.75) is 13.8 Å². The maximum Gasteiger partial charge on any atom is 0.187 e. The number of halogens is 1. The average molecular weight is 361 g/mol. The highest BCUT2D eigenvalue weighted by atomic mass is 79.9. The van der Waals surface area contributed by atoms with Crippen LogP contribution in [0.2, 0.25) is 0 Å². The topological polar surface area (TPSA) is 24.9 Å². The van der Waals surface area contributed by atoms with E-state index in [0.29, 0.717) is 0 Å². The number of aromatic nitrogens is 1. The summed E-state index contributed by atoms with van der Waals surface area (Å²) in [6, 6.07) is 16.6. The number of thiazole rings is 1. The number of anilines is 2. The second-order valence-corrected chi connectivity index (χ2v) is 5.71. The zero-order valence-electron chi connectivity index (χ0n) is 12.0. The number of rotatable bonds is 3. The third-order valence-electron chi connectivity index (χ3n) is 3.19. The van der Waals surface area contributed by atoms with Gasteiger partial charge in [-0.3, -0.25) is 0 Å². The van der Waals surface area contributed by atoms with Gasteiger partial charge in [-0.15, -0.1) is 28.3 Å². The van der Waals surface area contributed by atoms with E-state index in [2.05, 4.69) is 47.7 Å². The molecule has 21 heavy (non-hydrogen) atoms. The fourth-order valence-electron chi connectivity index (χ4n) is 2.20. The SMILES string of the molecule is Br.Cc1ccc(-c2csc(Nc3ccccc3)n2)c(C)c1. The van der Waals surface area contributed by atoms with Gasteiger partial charge in [-0.05, 0) is 31.5 Å². The Morgan fingerprint density at radius 3 is 2.48 bits per heavy atom. The zero-order chi connectivity index (χ0) is 13.9. The first kappa shape index (κ1) is 15.7. The molecule has 0 atom stereocenters. The minimum absolute atomic E-state index is 0. The Labute approximate surface area is 139 Å². The van der Waals surface area contributed by atoms with E-state index in [9.17, 15) is 0 Å². The van der Waals surface area contributed by atoms with E-state index in [-0.39, 0.29) is 17.0 Å². The van der Waals surface area contributed by atoms with E-state index >= 15 is 0 Å². The molecule has 108 valence electrons. The summed E-state index contributed by atoms with van der Waals surface area (Å²) in [6.07, 6.45) is 0. The van der Waals surface area contributed by atoms with Gasteiger partial charge in [0.2, 0.25) is 0 Å². The Morgan fingerprint density at radius 1 is 1.00 bits per heavy atom. The maximum absolute atomic E-state index is 4.67. The number of hydrogen-bond acceptors (Lipinski definition) is 3. The van der Waals surface area contributed by atoms with Gasteiger partial charge in [-0.1, -0.05) is 42.0 Å². The van der Waals surface area contributed by atoms with Crippen molar-refractivity contribution in [1.29, 1.82) is 0 Å². The molecule has 3 rings (SSSR count). The lowest BCUT2D eigenvalue weighted by atomic mass is 10.0. The second-order valence-electron chi connectivity index (χ2n) is 4.85. The molecule has 0 saturated carbocycles. The molecular formula is C17H17BrN2S. The standard InChI is InChI=1S/C17H16N2S.BrH/c1-12-8-9-15(13(2)10-12)16-11-20-17(19-16)18-14-6-4-3-5-7-14;/h3-11H,1-2H3,(H,18,19);1H. The van der Waals surface area contributed by atoms with Crippen molar-refractivity contribution in [3.63, 3.8) is 0 Å². The predicted octanol–water partition coefficient (Wildman–Crippen LogP) is 5.75. The molecule has 0 radical (unpaired) electrons. The maximum atomic E-state index is 4.67. The fraction of sp³-hybridized carbons (Fsp3) is 0.118. The Balaban J connectivity index is 0.00000161. The molecule has 4 heteroatoms. The number of benzene rings is 2. The van der Waals surface area contributed by atoms with Gasteiger partial charge >= 0.3 is 0 Å². The molecule has 0 aliphatic carbocycles. The molecule has 0 unspecified atom stereocenters. The van der Waals surface area contributed by atoms with Crippen LogP contribution in [-0.4, -0.2) is 4.98 Å². The van der Waals surface area contributed by atoms with Gasteiger partial charge in [-0.25, -0.2) is 4.98 Å². The highest BCUT2D eigenvalue weighted by Crippen LogP contribution is 2.29. The lowest BCUT2D eigenvalue weighted by molar-refractivity contribution is 1.33. The van der Waals surface area contributed by atoms with Gasteiger partial charge in [0.25, 0.3) is 0 Å². The lowest BCUT2D eigenvalue weighted by Gasteiger charge is -2.04. The highest BCUT2D eigenvalue weighted by Gasteiger charge is 2.07. The summed E-state index contributed by atoms with van der Waals surface area (Å²) in [7, 11) is 0. The fourth-order valence-corrected chi connectivity index (χ4v) is 2.93. The zero-order valence-corrected chi connectivity index (χ0v) is 14.5. The van der Waals surface area contributed by atoms with Crippen LogP contribution >= 0.6 is 28.3 Å². The first-order valence-corrected chi connectivity index (χ1v) is 7.45. The molecule has 0 fully saturated rings. The van der Waals surface area contributed by atoms with Gasteiger partial charge in [0, 0.05) is 16.6 Å². The van der Waals surface area contributed by atoms with E-state index in [0.717, 1.165) is 16.5 Å². The molecule has 0 spiro atoms. The molecule has 0 aliphatic rings. The molecule has 1 aromatic heterocycles. The predicted molar refractivity (Wildman–Crippen MR) is 97.1 cm³/mol. The molecule has 2 nitrogen and oxygen atoms in total. The molecule has 2 aromatic carbocycles. The van der Waals surface area contributed by atoms with Crippen LogP contribution in [0.25, 0.3) is 11.3 Å². The monoisotopic (exact) mass is 360 g/mol. The molecule has 0 bridgehead atoms. The molecule has 1 heterocycles. The van der Waals surface area contributed by atoms with Crippen LogP contribution in [0.15, 0.2) is 53.9 Å². The minimum Gasteiger partial charge on any atom is -0.332 e. The van der Waals surface area contributed by atoms with Crippen molar-refractivity contribution in [2.75, 3.05) is 5.32 Å². The van der Waals surface area contributed by atoms with Crippen LogP contribution in [-0.2, 0) is 0 Å². The molecule has 1 N–H and O–H groups in total. The summed E-state index contributed by atoms with van der Waals surface area (Å²) in [6.45, 7) is 4.24. The van der Waals surface area contributed by atoms with Crippen molar-refractivity contribution >= 4 is 39.1 Å². The first-order chi connectivity index (χ1) is 9.72. The highest BCUT2D eigenvalue weighted by molar-refractivity contribution is 8.93. The van der Waals surface area contributed by atoms with E-state index in [1.807, 2.05) is 30.3 Å². The number of para-hydroxylation sites is 1. The number of nitrogens with one attached hydrogen (secondary N) is 1. The van der Waals surface area contributed by atoms with E-state index in [4.69, 9.17) is 0 Å². The van der Waals surface area contributed by atoms with Crippen LogP contribution in [0.5, 0.6) is 0 Å². The van der Waals surface area contributed by atoms with Gasteiger partial charge in [0.05, 0.1) is 5.69 Å². The van der Waals surface area contributed by atoms with E-state index < -0.39 is 0 Å². The van der Waals surface area contributed by atoms with E-state index in [1.165, 1.54) is 16.7 Å². The number of hydrogen-bond donors (Lipinski definition) is 1. The lowest BCUT2D eigenvalue weighted by Crippen LogP contribution is -1.89. The van der Waals surface area contributed by atoms with Crippen LogP contribution in [0.3, 0.4) is 0 Å². The summed E-state index contributed by atoms with van der Waals surface area (Å²) < 4.78 is 0. The quantitative estimate of drug-likeness (QED) is 0.643. The molecule has 3 aromatic rings. The Hall–Kier alpha value is -1.65. The largest absolute Gasteiger partial charge is 0.332 e. The van der Waals surface area contributed by atoms with Crippen molar-refractivity contribution in [1.82, 2.24) is 4.98 Å². The third-order valence-corrected chi connectivity index (χ3v) is 3.94. The summed E-state index contributed by atoms with van der Waals surface area (Å²) in [5.74, 6) is 0. The molecular weight excluding hydrogens is 344 g/mol. The van der Waals surface area contributed by atoms with Crippen molar-refractivity contribution in [3.05, 3.63) is 65.0 Å². The number of nitrogens with zero attached hydrogens (tertiary/aromatic N) is 1. The van der Waals surface area contributed by atoms with Gasteiger partial charge in [0.15, 0.2) is 5.13 Å². The molecule has 0 amide bonds. The van der Waals surface area contributed by atoms with Crippen molar-refractivity contribution in [2.24, 2.45) is 0 Å². The molecule has 0 aliphatic heterocycles. The Kier molecular flexibility index (Phi) is 5.15. The van der Waals surface area contributed by atoms with Crippen LogP contribution in [0.4, 0.5) is 10.8 Å². The Bertz CT molecular complexity index is 723. The van der Waals surface area contributed by atoms with Crippen molar-refractivity contribution in [3.8, 4) is 11.3 Å². The smallest absolute Gasteiger partial charge is 0.187 e. The third kappa shape index (κ3) is 3.71. The van der Waals surface area contributed by atoms with Gasteiger partial charge in [0.1, 0.15) is 0 Å². The molecule has 0 saturated heterocycles. The normalized spacial score (nSPS) is 10.0. The number of aryl methyl sites for hydroxylation is 2. The summed E-state index contributed by atoms with van der Waals surface area (Å²) in [5, 5.41) is 6.35. The summed E-state index contributed by atoms with van der Waals surface area (Å²) in [4.78, 5) is 4.67. The van der Waals surface area contributed by atoms with Gasteiger partial charge in [-0.2, -0.15) is 0 Å².